The van der Waals surface area contributed by atoms with Crippen molar-refractivity contribution in [1.82, 2.24) is 25.2 Å². The minimum absolute atomic E-state index is 0.0922. The van der Waals surface area contributed by atoms with Crippen LogP contribution in [0.1, 0.15) is 0 Å². The molecule has 0 bridgehead atoms. The highest BCUT2D eigenvalue weighted by Gasteiger charge is 2.14. The van der Waals surface area contributed by atoms with Crippen LogP contribution in [0.25, 0.3) is 22.3 Å². The number of nitrogens with zero attached hydrogens (tertiary/aromatic N) is 4. The molecule has 0 saturated carbocycles. The molecule has 1 amide bonds. The number of para-hydroxylation sites is 1. The highest BCUT2D eigenvalue weighted by atomic mass is 35.5. The first-order valence-corrected chi connectivity index (χ1v) is 8.49. The van der Waals surface area contributed by atoms with Gasteiger partial charge in [-0.05, 0) is 29.5 Å². The van der Waals surface area contributed by atoms with Gasteiger partial charge in [0.15, 0.2) is 0 Å². The van der Waals surface area contributed by atoms with Crippen molar-refractivity contribution in [3.05, 3.63) is 53.7 Å². The fourth-order valence-electron chi connectivity index (χ4n) is 2.77. The van der Waals surface area contributed by atoms with Crippen LogP contribution < -0.4 is 10.1 Å². The van der Waals surface area contributed by atoms with Gasteiger partial charge in [-0.25, -0.2) is 0 Å². The van der Waals surface area contributed by atoms with E-state index in [1.165, 1.54) is 11.9 Å². The third kappa shape index (κ3) is 3.47. The van der Waals surface area contributed by atoms with Gasteiger partial charge >= 0.3 is 0 Å². The topological polar surface area (TPSA) is 97.7 Å². The maximum Gasteiger partial charge on any atom is 0.248 e. The lowest BCUT2D eigenvalue weighted by atomic mass is 10.2. The molecule has 0 atom stereocenters. The Morgan fingerprint density at radius 3 is 3.00 bits per heavy atom. The molecule has 0 fully saturated rings. The van der Waals surface area contributed by atoms with E-state index >= 15 is 0 Å². The number of tetrazole rings is 1. The summed E-state index contributed by atoms with van der Waals surface area (Å²) in [6, 6.07) is 12.8. The fraction of sp³-hybridized carbons (Fsp3) is 0.111. The molecule has 4 aromatic rings. The molecule has 0 aliphatic rings. The van der Waals surface area contributed by atoms with Crippen molar-refractivity contribution in [2.24, 2.45) is 0 Å². The number of fused-ring (bicyclic) bond motifs is 1. The van der Waals surface area contributed by atoms with Gasteiger partial charge in [0.05, 0.1) is 12.8 Å². The molecule has 2 N–H and O–H groups in total. The largest absolute Gasteiger partial charge is 0.495 e. The molecular formula is C18H15ClN6O2. The van der Waals surface area contributed by atoms with E-state index in [1.807, 2.05) is 30.5 Å². The number of anilines is 1. The second-order valence-corrected chi connectivity index (χ2v) is 6.22. The zero-order valence-electron chi connectivity index (χ0n) is 14.3. The maximum atomic E-state index is 12.3. The summed E-state index contributed by atoms with van der Waals surface area (Å²) in [7, 11) is 1.52. The Balaban J connectivity index is 1.51. The van der Waals surface area contributed by atoms with E-state index in [2.05, 4.69) is 25.7 Å². The Kier molecular flexibility index (Phi) is 4.47. The number of H-pyrrole nitrogens is 1. The van der Waals surface area contributed by atoms with Crippen molar-refractivity contribution in [3.63, 3.8) is 0 Å². The summed E-state index contributed by atoms with van der Waals surface area (Å²) in [4.78, 5) is 16.7. The summed E-state index contributed by atoms with van der Waals surface area (Å²) in [5, 5.41) is 16.5. The van der Waals surface area contributed by atoms with Crippen LogP contribution in [0.5, 0.6) is 5.75 Å². The maximum absolute atomic E-state index is 12.3. The second-order valence-electron chi connectivity index (χ2n) is 5.78. The van der Waals surface area contributed by atoms with Crippen molar-refractivity contribution in [2.75, 3.05) is 12.4 Å². The van der Waals surface area contributed by atoms with Crippen molar-refractivity contribution in [1.29, 1.82) is 0 Å². The first kappa shape index (κ1) is 17.0. The summed E-state index contributed by atoms with van der Waals surface area (Å²) in [6.45, 7) is -0.0922. The third-order valence-electron chi connectivity index (χ3n) is 4.00. The summed E-state index contributed by atoms with van der Waals surface area (Å²) in [5.74, 6) is 0.637. The number of rotatable bonds is 5. The molecule has 0 spiro atoms. The lowest BCUT2D eigenvalue weighted by Gasteiger charge is -2.10. The number of carbonyl (C=O) groups is 1. The molecule has 8 nitrogen and oxygen atoms in total. The van der Waals surface area contributed by atoms with Gasteiger partial charge in [-0.15, -0.1) is 10.2 Å². The van der Waals surface area contributed by atoms with Crippen molar-refractivity contribution in [3.8, 4) is 17.1 Å². The number of carbonyl (C=O) groups excluding carboxylic acids is 1. The molecule has 27 heavy (non-hydrogen) atoms. The average Bonchev–Trinajstić information content (AvgIpc) is 3.28. The summed E-state index contributed by atoms with van der Waals surface area (Å²) < 4.78 is 5.22. The number of aromatic nitrogens is 5. The summed E-state index contributed by atoms with van der Waals surface area (Å²) >= 11 is 5.98. The Morgan fingerprint density at radius 2 is 2.15 bits per heavy atom. The smallest absolute Gasteiger partial charge is 0.248 e. The molecule has 0 aliphatic heterocycles. The predicted molar refractivity (Wildman–Crippen MR) is 102 cm³/mol. The van der Waals surface area contributed by atoms with Crippen LogP contribution in [-0.2, 0) is 11.3 Å². The third-order valence-corrected chi connectivity index (χ3v) is 4.24. The number of halogens is 1. The standard InChI is InChI=1S/C18H15ClN6O2/c1-27-16-7-6-11(19)8-15(16)21-17(26)10-25-23-18(22-24-25)13-9-20-14-5-3-2-4-12(13)14/h2-9,20H,10H2,1H3,(H,21,26). The van der Waals surface area contributed by atoms with Crippen molar-refractivity contribution >= 4 is 34.1 Å². The van der Waals surface area contributed by atoms with E-state index in [1.54, 1.807) is 18.2 Å². The molecule has 2 heterocycles. The van der Waals surface area contributed by atoms with Gasteiger partial charge in [-0.1, -0.05) is 29.8 Å². The molecule has 0 aliphatic carbocycles. The van der Waals surface area contributed by atoms with E-state index in [0.717, 1.165) is 16.5 Å². The molecular weight excluding hydrogens is 368 g/mol. The van der Waals surface area contributed by atoms with E-state index in [9.17, 15) is 4.79 Å². The molecule has 2 aromatic carbocycles. The van der Waals surface area contributed by atoms with Crippen molar-refractivity contribution < 1.29 is 9.53 Å². The van der Waals surface area contributed by atoms with Gasteiger partial charge in [-0.3, -0.25) is 4.79 Å². The first-order chi connectivity index (χ1) is 13.1. The number of ether oxygens (including phenoxy) is 1. The molecule has 136 valence electrons. The quantitative estimate of drug-likeness (QED) is 0.552. The lowest BCUT2D eigenvalue weighted by molar-refractivity contribution is -0.117. The first-order valence-electron chi connectivity index (χ1n) is 8.12. The number of nitrogens with one attached hydrogen (secondary N) is 2. The van der Waals surface area contributed by atoms with Crippen molar-refractivity contribution in [2.45, 2.75) is 6.54 Å². The SMILES string of the molecule is COc1ccc(Cl)cc1NC(=O)Cn1nnc(-c2c[nH]c3ccccc23)n1. The van der Waals surface area contributed by atoms with E-state index < -0.39 is 0 Å². The highest BCUT2D eigenvalue weighted by molar-refractivity contribution is 6.31. The Morgan fingerprint density at radius 1 is 1.30 bits per heavy atom. The second kappa shape index (κ2) is 7.08. The van der Waals surface area contributed by atoms with E-state index in [4.69, 9.17) is 16.3 Å². The molecule has 0 radical (unpaired) electrons. The summed E-state index contributed by atoms with van der Waals surface area (Å²) in [5.41, 5.74) is 2.29. The minimum atomic E-state index is -0.321. The predicted octanol–water partition coefficient (Wildman–Crippen LogP) is 3.12. The van der Waals surface area contributed by atoms with Crippen LogP contribution in [0.4, 0.5) is 5.69 Å². The minimum Gasteiger partial charge on any atom is -0.495 e. The van der Waals surface area contributed by atoms with Gasteiger partial charge in [0.25, 0.3) is 0 Å². The zero-order valence-corrected chi connectivity index (χ0v) is 15.1. The zero-order chi connectivity index (χ0) is 18.8. The molecule has 9 heteroatoms. The molecule has 2 aromatic heterocycles. The molecule has 0 saturated heterocycles. The van der Waals surface area contributed by atoms with Crippen LogP contribution in [0, 0.1) is 0 Å². The van der Waals surface area contributed by atoms with E-state index in [-0.39, 0.29) is 12.5 Å². The van der Waals surface area contributed by atoms with Gasteiger partial charge in [0, 0.05) is 27.7 Å². The number of benzene rings is 2. The lowest BCUT2D eigenvalue weighted by Crippen LogP contribution is -2.20. The highest BCUT2D eigenvalue weighted by Crippen LogP contribution is 2.28. The van der Waals surface area contributed by atoms with Crippen LogP contribution >= 0.6 is 11.6 Å². The van der Waals surface area contributed by atoms with Gasteiger partial charge in [-0.2, -0.15) is 4.80 Å². The Labute approximate surface area is 159 Å². The van der Waals surface area contributed by atoms with E-state index in [0.29, 0.717) is 22.3 Å². The Hall–Kier alpha value is -3.39. The normalized spacial score (nSPS) is 10.9. The average molecular weight is 383 g/mol. The number of amides is 1. The number of methoxy groups -OCH3 is 1. The van der Waals surface area contributed by atoms with Gasteiger partial charge < -0.3 is 15.0 Å². The number of hydrogen-bond donors (Lipinski definition) is 2. The van der Waals surface area contributed by atoms with Gasteiger partial charge in [0.1, 0.15) is 12.3 Å². The van der Waals surface area contributed by atoms with Crippen LogP contribution in [0.2, 0.25) is 5.02 Å². The number of aromatic amines is 1. The van der Waals surface area contributed by atoms with Crippen LogP contribution in [0.3, 0.4) is 0 Å². The fourth-order valence-corrected chi connectivity index (χ4v) is 2.94. The van der Waals surface area contributed by atoms with Crippen LogP contribution in [-0.4, -0.2) is 38.2 Å². The van der Waals surface area contributed by atoms with Crippen LogP contribution in [0.15, 0.2) is 48.7 Å². The molecule has 4 rings (SSSR count). The Bertz CT molecular complexity index is 1120. The monoisotopic (exact) mass is 382 g/mol. The molecule has 0 unspecified atom stereocenters. The summed E-state index contributed by atoms with van der Waals surface area (Å²) in [6.07, 6.45) is 1.82. The van der Waals surface area contributed by atoms with Gasteiger partial charge in [0.2, 0.25) is 11.7 Å². The number of hydrogen-bond acceptors (Lipinski definition) is 5.